The van der Waals surface area contributed by atoms with Crippen LogP contribution in [0, 0.1) is 6.92 Å². The first-order chi connectivity index (χ1) is 8.69. The Kier molecular flexibility index (Phi) is 4.66. The number of likely N-dealkylation sites (tertiary alicyclic amines) is 1. The van der Waals surface area contributed by atoms with Gasteiger partial charge in [0.15, 0.2) is 0 Å². The molecule has 1 aliphatic heterocycles. The fourth-order valence-electron chi connectivity index (χ4n) is 2.59. The molecule has 0 bridgehead atoms. The molecule has 1 aliphatic rings. The smallest absolute Gasteiger partial charge is 0.142 e. The van der Waals surface area contributed by atoms with Gasteiger partial charge in [0, 0.05) is 23.9 Å². The summed E-state index contributed by atoms with van der Waals surface area (Å²) in [5, 5.41) is 3.30. The lowest BCUT2D eigenvalue weighted by molar-refractivity contribution is 0.248. The molecule has 0 aliphatic carbocycles. The van der Waals surface area contributed by atoms with Crippen LogP contribution in [0.25, 0.3) is 0 Å². The number of aromatic nitrogens is 2. The summed E-state index contributed by atoms with van der Waals surface area (Å²) in [6, 6.07) is 2.15. The summed E-state index contributed by atoms with van der Waals surface area (Å²) in [6.07, 6.45) is 2.52. The highest BCUT2D eigenvalue weighted by Gasteiger charge is 2.20. The fourth-order valence-corrected chi connectivity index (χ4v) is 2.59. The van der Waals surface area contributed by atoms with Crippen LogP contribution < -0.4 is 5.32 Å². The molecule has 0 spiro atoms. The van der Waals surface area contributed by atoms with E-state index < -0.39 is 0 Å². The van der Waals surface area contributed by atoms with Gasteiger partial charge in [0.1, 0.15) is 5.82 Å². The van der Waals surface area contributed by atoms with Gasteiger partial charge in [0.2, 0.25) is 0 Å². The molecule has 1 fully saturated rings. The van der Waals surface area contributed by atoms with Crippen molar-refractivity contribution in [3.63, 3.8) is 0 Å². The molecule has 4 heteroatoms. The molecule has 2 rings (SSSR count). The van der Waals surface area contributed by atoms with Crippen molar-refractivity contribution in [2.75, 3.05) is 26.7 Å². The number of likely N-dealkylation sites (N-methyl/N-ethyl adjacent to an activating group) is 1. The Hall–Kier alpha value is -1.00. The molecule has 1 aromatic heterocycles. The number of rotatable bonds is 4. The van der Waals surface area contributed by atoms with Crippen LogP contribution in [-0.4, -0.2) is 41.5 Å². The summed E-state index contributed by atoms with van der Waals surface area (Å²) in [5.74, 6) is 1.51. The molecule has 0 saturated carbocycles. The van der Waals surface area contributed by atoms with Gasteiger partial charge in [-0.05, 0) is 46.0 Å². The zero-order chi connectivity index (χ0) is 13.0. The van der Waals surface area contributed by atoms with E-state index in [4.69, 9.17) is 4.98 Å². The van der Waals surface area contributed by atoms with Crippen LogP contribution in [0.2, 0.25) is 0 Å². The van der Waals surface area contributed by atoms with Crippen molar-refractivity contribution in [2.24, 2.45) is 0 Å². The summed E-state index contributed by atoms with van der Waals surface area (Å²) in [4.78, 5) is 11.6. The second-order valence-electron chi connectivity index (χ2n) is 5.23. The maximum atomic E-state index is 4.73. The number of piperidine rings is 1. The highest BCUT2D eigenvalue weighted by molar-refractivity contribution is 5.15. The van der Waals surface area contributed by atoms with Crippen molar-refractivity contribution in [3.8, 4) is 0 Å². The first-order valence-corrected chi connectivity index (χ1v) is 6.92. The largest absolute Gasteiger partial charge is 0.310 e. The molecule has 4 nitrogen and oxygen atoms in total. The van der Waals surface area contributed by atoms with Crippen molar-refractivity contribution in [3.05, 3.63) is 23.3 Å². The Balaban J connectivity index is 2.13. The lowest BCUT2D eigenvalue weighted by Crippen LogP contribution is -2.31. The standard InChI is InChI=1S/C14H24N4/c1-4-15-9-14-16-11(2)8-13(17-14)12-6-5-7-18(3)10-12/h8,12,15H,4-7,9-10H2,1-3H3. The van der Waals surface area contributed by atoms with E-state index in [0.29, 0.717) is 5.92 Å². The first kappa shape index (κ1) is 13.4. The third kappa shape index (κ3) is 3.50. The summed E-state index contributed by atoms with van der Waals surface area (Å²) in [6.45, 7) is 8.23. The number of nitrogens with one attached hydrogen (secondary N) is 1. The third-order valence-corrected chi connectivity index (χ3v) is 3.50. The second kappa shape index (κ2) is 6.25. The van der Waals surface area contributed by atoms with E-state index >= 15 is 0 Å². The summed E-state index contributed by atoms with van der Waals surface area (Å²) in [7, 11) is 2.19. The zero-order valence-electron chi connectivity index (χ0n) is 11.7. The fraction of sp³-hybridized carbons (Fsp3) is 0.714. The normalized spacial score (nSPS) is 21.2. The van der Waals surface area contributed by atoms with Crippen molar-refractivity contribution < 1.29 is 0 Å². The maximum absolute atomic E-state index is 4.73. The van der Waals surface area contributed by atoms with Gasteiger partial charge >= 0.3 is 0 Å². The SMILES string of the molecule is CCNCc1nc(C)cc(C2CCCN(C)C2)n1. The van der Waals surface area contributed by atoms with Crippen LogP contribution in [0.5, 0.6) is 0 Å². The van der Waals surface area contributed by atoms with Crippen LogP contribution in [-0.2, 0) is 6.54 Å². The minimum Gasteiger partial charge on any atom is -0.310 e. The van der Waals surface area contributed by atoms with Crippen LogP contribution in [0.15, 0.2) is 6.07 Å². The minimum absolute atomic E-state index is 0.575. The topological polar surface area (TPSA) is 41.1 Å². The highest BCUT2D eigenvalue weighted by Crippen LogP contribution is 2.25. The Morgan fingerprint density at radius 3 is 3.00 bits per heavy atom. The van der Waals surface area contributed by atoms with Crippen molar-refractivity contribution in [1.29, 1.82) is 0 Å². The predicted molar refractivity (Wildman–Crippen MR) is 73.6 cm³/mol. The lowest BCUT2D eigenvalue weighted by Gasteiger charge is -2.29. The Morgan fingerprint density at radius 1 is 1.44 bits per heavy atom. The Bertz CT molecular complexity index is 391. The molecule has 1 saturated heterocycles. The van der Waals surface area contributed by atoms with Crippen molar-refractivity contribution >= 4 is 0 Å². The molecule has 0 radical (unpaired) electrons. The van der Waals surface area contributed by atoms with E-state index in [-0.39, 0.29) is 0 Å². The van der Waals surface area contributed by atoms with Crippen molar-refractivity contribution in [1.82, 2.24) is 20.2 Å². The van der Waals surface area contributed by atoms with Crippen LogP contribution in [0.3, 0.4) is 0 Å². The number of hydrogen-bond donors (Lipinski definition) is 1. The molecular formula is C14H24N4. The monoisotopic (exact) mass is 248 g/mol. The maximum Gasteiger partial charge on any atom is 0.142 e. The molecule has 0 aromatic carbocycles. The van der Waals surface area contributed by atoms with Crippen LogP contribution >= 0.6 is 0 Å². The summed E-state index contributed by atoms with van der Waals surface area (Å²) in [5.41, 5.74) is 2.31. The van der Waals surface area contributed by atoms with Gasteiger partial charge in [-0.3, -0.25) is 0 Å². The van der Waals surface area contributed by atoms with E-state index in [1.807, 2.05) is 0 Å². The molecular weight excluding hydrogens is 224 g/mol. The predicted octanol–water partition coefficient (Wildman–Crippen LogP) is 1.70. The minimum atomic E-state index is 0.575. The van der Waals surface area contributed by atoms with Gasteiger partial charge in [-0.1, -0.05) is 6.92 Å². The molecule has 2 heterocycles. The van der Waals surface area contributed by atoms with Gasteiger partial charge in [0.25, 0.3) is 0 Å². The van der Waals surface area contributed by atoms with Crippen LogP contribution in [0.1, 0.15) is 42.9 Å². The number of nitrogens with zero attached hydrogens (tertiary/aromatic N) is 3. The van der Waals surface area contributed by atoms with E-state index in [1.54, 1.807) is 0 Å². The Labute approximate surface area is 110 Å². The molecule has 100 valence electrons. The van der Waals surface area contributed by atoms with Gasteiger partial charge in [-0.2, -0.15) is 0 Å². The quantitative estimate of drug-likeness (QED) is 0.880. The van der Waals surface area contributed by atoms with E-state index in [0.717, 1.165) is 31.2 Å². The van der Waals surface area contributed by atoms with E-state index in [2.05, 4.69) is 42.2 Å². The highest BCUT2D eigenvalue weighted by atomic mass is 15.1. The molecule has 1 atom stereocenters. The van der Waals surface area contributed by atoms with Gasteiger partial charge < -0.3 is 10.2 Å². The summed E-state index contributed by atoms with van der Waals surface area (Å²) >= 11 is 0. The Morgan fingerprint density at radius 2 is 2.28 bits per heavy atom. The molecule has 18 heavy (non-hydrogen) atoms. The summed E-state index contributed by atoms with van der Waals surface area (Å²) < 4.78 is 0. The van der Waals surface area contributed by atoms with Gasteiger partial charge in [-0.25, -0.2) is 9.97 Å². The average molecular weight is 248 g/mol. The lowest BCUT2D eigenvalue weighted by atomic mass is 9.94. The third-order valence-electron chi connectivity index (χ3n) is 3.50. The van der Waals surface area contributed by atoms with Crippen LogP contribution in [0.4, 0.5) is 0 Å². The zero-order valence-corrected chi connectivity index (χ0v) is 11.7. The van der Waals surface area contributed by atoms with E-state index in [9.17, 15) is 0 Å². The van der Waals surface area contributed by atoms with Gasteiger partial charge in [0.05, 0.1) is 6.54 Å². The number of hydrogen-bond acceptors (Lipinski definition) is 4. The molecule has 1 N–H and O–H groups in total. The average Bonchev–Trinajstić information content (AvgIpc) is 2.36. The van der Waals surface area contributed by atoms with E-state index in [1.165, 1.54) is 25.1 Å². The number of aryl methyl sites for hydroxylation is 1. The molecule has 1 unspecified atom stereocenters. The molecule has 1 aromatic rings. The van der Waals surface area contributed by atoms with Crippen molar-refractivity contribution in [2.45, 2.75) is 39.2 Å². The second-order valence-corrected chi connectivity index (χ2v) is 5.23. The van der Waals surface area contributed by atoms with Gasteiger partial charge in [-0.15, -0.1) is 0 Å². The first-order valence-electron chi connectivity index (χ1n) is 6.92. The molecule has 0 amide bonds.